The van der Waals surface area contributed by atoms with Crippen molar-refractivity contribution < 1.29 is 0 Å². The van der Waals surface area contributed by atoms with E-state index in [-0.39, 0.29) is 11.6 Å². The number of hydrogen-bond donors (Lipinski definition) is 1. The molecule has 0 aliphatic rings. The topological polar surface area (TPSA) is 55.6 Å². The van der Waals surface area contributed by atoms with Gasteiger partial charge >= 0.3 is 0 Å². The molecule has 0 amide bonds. The van der Waals surface area contributed by atoms with Crippen LogP contribution in [-0.4, -0.2) is 42.9 Å². The standard InChI is InChI=1S/C25H45N5Si2/c1-11-12-13-18-26-23(24-27-28-29-30(24)25(2,3)4)21-16-14-20(15-17-21)19-22(31(5,6)7)32(8,9)10/h14-17,19,23,26H,11-13,18H2,1-10H3. The van der Waals surface area contributed by atoms with Crippen molar-refractivity contribution in [3.8, 4) is 0 Å². The van der Waals surface area contributed by atoms with Crippen LogP contribution in [0.5, 0.6) is 0 Å². The Bertz CT molecular complexity index is 865. The van der Waals surface area contributed by atoms with Gasteiger partial charge in [-0.25, -0.2) is 4.68 Å². The van der Waals surface area contributed by atoms with Crippen LogP contribution in [0.2, 0.25) is 39.3 Å². The maximum Gasteiger partial charge on any atom is 0.173 e. The quantitative estimate of drug-likeness (QED) is 0.320. The number of nitrogens with one attached hydrogen (secondary N) is 1. The van der Waals surface area contributed by atoms with Gasteiger partial charge in [-0.15, -0.1) is 5.10 Å². The number of aromatic nitrogens is 4. The third kappa shape index (κ3) is 7.22. The van der Waals surface area contributed by atoms with Gasteiger partial charge in [0, 0.05) is 0 Å². The summed E-state index contributed by atoms with van der Waals surface area (Å²) in [6.45, 7) is 24.4. The number of benzene rings is 1. The van der Waals surface area contributed by atoms with Crippen LogP contribution in [0.25, 0.3) is 6.08 Å². The lowest BCUT2D eigenvalue weighted by Crippen LogP contribution is -2.39. The first-order valence-electron chi connectivity index (χ1n) is 12.1. The molecule has 0 aliphatic carbocycles. The number of unbranched alkanes of at least 4 members (excludes halogenated alkanes) is 2. The van der Waals surface area contributed by atoms with Crippen molar-refractivity contribution in [1.82, 2.24) is 25.5 Å². The third-order valence-electron chi connectivity index (χ3n) is 5.71. The molecule has 0 radical (unpaired) electrons. The van der Waals surface area contributed by atoms with Crippen LogP contribution in [-0.2, 0) is 5.54 Å². The van der Waals surface area contributed by atoms with E-state index in [9.17, 15) is 0 Å². The van der Waals surface area contributed by atoms with Gasteiger partial charge < -0.3 is 5.32 Å². The molecule has 0 saturated carbocycles. The summed E-state index contributed by atoms with van der Waals surface area (Å²) in [5.74, 6) is 0.877. The van der Waals surface area contributed by atoms with E-state index < -0.39 is 16.1 Å². The largest absolute Gasteiger partial charge is 0.304 e. The van der Waals surface area contributed by atoms with Crippen LogP contribution in [0.15, 0.2) is 29.1 Å². The van der Waals surface area contributed by atoms with Gasteiger partial charge in [0.05, 0.1) is 27.7 Å². The summed E-state index contributed by atoms with van der Waals surface area (Å²) in [6.07, 6.45) is 6.07. The Hall–Kier alpha value is -1.58. The van der Waals surface area contributed by atoms with E-state index in [2.05, 4.69) is 118 Å². The Balaban J connectivity index is 2.41. The van der Waals surface area contributed by atoms with E-state index in [0.29, 0.717) is 0 Å². The number of rotatable bonds is 10. The van der Waals surface area contributed by atoms with Crippen LogP contribution in [0.4, 0.5) is 0 Å². The molecule has 1 aromatic carbocycles. The van der Waals surface area contributed by atoms with Gasteiger partial charge in [0.1, 0.15) is 0 Å². The van der Waals surface area contributed by atoms with Gasteiger partial charge in [-0.05, 0) is 55.3 Å². The highest BCUT2D eigenvalue weighted by molar-refractivity contribution is 7.05. The minimum absolute atomic E-state index is 0.0208. The fraction of sp³-hybridized carbons (Fsp3) is 0.640. The van der Waals surface area contributed by atoms with E-state index in [1.54, 1.807) is 4.82 Å². The molecule has 1 unspecified atom stereocenters. The Morgan fingerprint density at radius 2 is 1.59 bits per heavy atom. The molecule has 1 atom stereocenters. The monoisotopic (exact) mass is 471 g/mol. The summed E-state index contributed by atoms with van der Waals surface area (Å²) >= 11 is 0. The molecule has 7 heteroatoms. The minimum Gasteiger partial charge on any atom is -0.304 e. The number of nitrogens with zero attached hydrogens (tertiary/aromatic N) is 4. The van der Waals surface area contributed by atoms with Crippen molar-refractivity contribution in [3.05, 3.63) is 46.0 Å². The summed E-state index contributed by atoms with van der Waals surface area (Å²) in [5, 5.41) is 16.5. The molecule has 2 aromatic rings. The Morgan fingerprint density at radius 1 is 1.00 bits per heavy atom. The van der Waals surface area contributed by atoms with E-state index in [4.69, 9.17) is 0 Å². The summed E-state index contributed by atoms with van der Waals surface area (Å²) in [7, 11) is -2.71. The zero-order chi connectivity index (χ0) is 24.2. The molecule has 0 saturated heterocycles. The number of tetrazole rings is 1. The first-order chi connectivity index (χ1) is 14.7. The maximum atomic E-state index is 4.43. The summed E-state index contributed by atoms with van der Waals surface area (Å²) in [5.41, 5.74) is 2.34. The van der Waals surface area contributed by atoms with Crippen molar-refractivity contribution in [3.63, 3.8) is 0 Å². The van der Waals surface area contributed by atoms with Crippen LogP contribution in [0.1, 0.15) is 70.0 Å². The molecule has 1 N–H and O–H groups in total. The van der Waals surface area contributed by atoms with E-state index in [1.807, 2.05) is 4.68 Å². The smallest absolute Gasteiger partial charge is 0.173 e. The molecular weight excluding hydrogens is 426 g/mol. The molecule has 0 bridgehead atoms. The van der Waals surface area contributed by atoms with Crippen molar-refractivity contribution in [2.24, 2.45) is 0 Å². The zero-order valence-corrected chi connectivity index (χ0v) is 24.1. The predicted octanol–water partition coefficient (Wildman–Crippen LogP) is 6.44. The second-order valence-electron chi connectivity index (χ2n) is 11.9. The molecule has 0 spiro atoms. The molecule has 2 rings (SSSR count). The van der Waals surface area contributed by atoms with Crippen LogP contribution >= 0.6 is 0 Å². The second-order valence-corrected chi connectivity index (χ2v) is 22.5. The highest BCUT2D eigenvalue weighted by Gasteiger charge is 2.31. The van der Waals surface area contributed by atoms with Gasteiger partial charge in [0.15, 0.2) is 5.82 Å². The van der Waals surface area contributed by atoms with Gasteiger partial charge in [-0.3, -0.25) is 0 Å². The lowest BCUT2D eigenvalue weighted by Gasteiger charge is -2.31. The normalized spacial score (nSPS) is 13.8. The highest BCUT2D eigenvalue weighted by Crippen LogP contribution is 2.29. The van der Waals surface area contributed by atoms with Gasteiger partial charge in [0.25, 0.3) is 0 Å². The van der Waals surface area contributed by atoms with E-state index in [1.165, 1.54) is 24.0 Å². The van der Waals surface area contributed by atoms with Gasteiger partial charge in [-0.1, -0.05) is 94.2 Å². The lowest BCUT2D eigenvalue weighted by atomic mass is 10.0. The maximum absolute atomic E-state index is 4.43. The average Bonchev–Trinajstić information content (AvgIpc) is 3.15. The summed E-state index contributed by atoms with van der Waals surface area (Å²) < 4.78 is 1.95. The van der Waals surface area contributed by atoms with Crippen molar-refractivity contribution in [2.75, 3.05) is 6.54 Å². The van der Waals surface area contributed by atoms with E-state index in [0.717, 1.165) is 18.8 Å². The summed E-state index contributed by atoms with van der Waals surface area (Å²) in [4.78, 5) is 1.73. The Morgan fingerprint density at radius 3 is 2.09 bits per heavy atom. The molecule has 32 heavy (non-hydrogen) atoms. The fourth-order valence-corrected chi connectivity index (χ4v) is 14.5. The van der Waals surface area contributed by atoms with Gasteiger partial charge in [0.2, 0.25) is 0 Å². The predicted molar refractivity (Wildman–Crippen MR) is 143 cm³/mol. The van der Waals surface area contributed by atoms with Crippen molar-refractivity contribution in [1.29, 1.82) is 0 Å². The minimum atomic E-state index is -1.36. The Kier molecular flexibility index (Phi) is 8.81. The molecule has 1 heterocycles. The van der Waals surface area contributed by atoms with Crippen molar-refractivity contribution in [2.45, 2.75) is 97.8 Å². The van der Waals surface area contributed by atoms with Crippen LogP contribution in [0.3, 0.4) is 0 Å². The van der Waals surface area contributed by atoms with Crippen LogP contribution < -0.4 is 5.32 Å². The first-order valence-corrected chi connectivity index (χ1v) is 19.1. The highest BCUT2D eigenvalue weighted by atomic mass is 28.4. The zero-order valence-electron chi connectivity index (χ0n) is 22.1. The average molecular weight is 472 g/mol. The lowest BCUT2D eigenvalue weighted by molar-refractivity contribution is 0.325. The third-order valence-corrected chi connectivity index (χ3v) is 13.7. The van der Waals surface area contributed by atoms with E-state index >= 15 is 0 Å². The molecule has 5 nitrogen and oxygen atoms in total. The fourth-order valence-electron chi connectivity index (χ4n) is 4.34. The summed E-state index contributed by atoms with van der Waals surface area (Å²) in [6, 6.07) is 9.00. The molecule has 0 aliphatic heterocycles. The molecule has 1 aromatic heterocycles. The molecule has 178 valence electrons. The Labute approximate surface area is 198 Å². The SMILES string of the molecule is CCCCCNC(c1ccc(C=C([Si](C)(C)C)[Si](C)(C)C)cc1)c1nnnn1C(C)(C)C. The first kappa shape index (κ1) is 26.7. The van der Waals surface area contributed by atoms with Crippen molar-refractivity contribution >= 4 is 22.2 Å². The number of hydrogen-bond acceptors (Lipinski definition) is 4. The molecular formula is C25H45N5Si2. The van der Waals surface area contributed by atoms with Crippen LogP contribution in [0, 0.1) is 0 Å². The second kappa shape index (κ2) is 10.6. The molecule has 0 fully saturated rings. The van der Waals surface area contributed by atoms with Gasteiger partial charge in [-0.2, -0.15) is 0 Å².